The van der Waals surface area contributed by atoms with Crippen LogP contribution in [0.1, 0.15) is 50.1 Å². The van der Waals surface area contributed by atoms with E-state index in [2.05, 4.69) is 66.9 Å². The molecule has 0 amide bonds. The predicted molar refractivity (Wildman–Crippen MR) is 218 cm³/mol. The maximum absolute atomic E-state index is 14.2. The van der Waals surface area contributed by atoms with Gasteiger partial charge < -0.3 is 0 Å². The highest BCUT2D eigenvalue weighted by Crippen LogP contribution is 2.41. The molecule has 0 aliphatic carbocycles. The molecule has 0 nitrogen and oxygen atoms in total. The fourth-order valence-corrected chi connectivity index (χ4v) is 9.11. The lowest BCUT2D eigenvalue weighted by atomic mass is 9.12. The molecule has 1 unspecified atom stereocenters. The third-order valence-electron chi connectivity index (χ3n) is 10.8. The molecule has 388 valence electrons. The largest absolute Gasteiger partial charge is 0.416 e. The smallest absolute Gasteiger partial charge is 0.194 e. The van der Waals surface area contributed by atoms with Gasteiger partial charge in [0.05, 0.1) is 44.5 Å². The van der Waals surface area contributed by atoms with E-state index in [0.29, 0.717) is 10.9 Å². The van der Waals surface area contributed by atoms with E-state index in [-0.39, 0.29) is 0 Å². The zero-order valence-corrected chi connectivity index (χ0v) is 36.3. The van der Waals surface area contributed by atoms with Crippen molar-refractivity contribution in [2.75, 3.05) is 6.26 Å². The summed E-state index contributed by atoms with van der Waals surface area (Å²) in [5, 5.41) is 0. The molecule has 0 N–H and O–H groups in total. The normalized spacial score (nSPS) is 13.9. The minimum absolute atomic E-state index is 0.316. The maximum atomic E-state index is 14.2. The molecule has 0 aliphatic rings. The fraction of sp³-hybridized carbons (Fsp3) is 0.217. The van der Waals surface area contributed by atoms with Crippen LogP contribution in [0.15, 0.2) is 138 Å². The first-order valence-corrected chi connectivity index (χ1v) is 21.5. The van der Waals surface area contributed by atoms with Crippen LogP contribution in [0.5, 0.6) is 0 Å². The van der Waals surface area contributed by atoms with Crippen molar-refractivity contribution < 1.29 is 105 Å². The van der Waals surface area contributed by atoms with Crippen molar-refractivity contribution in [2.45, 2.75) is 60.1 Å². The molecular weight excluding hydrogens is 1050 g/mol. The third kappa shape index (κ3) is 13.4. The lowest BCUT2D eigenvalue weighted by Gasteiger charge is -2.46. The Morgan fingerprint density at radius 2 is 0.486 bits per heavy atom. The molecule has 6 aromatic carbocycles. The van der Waals surface area contributed by atoms with E-state index in [4.69, 9.17) is 0 Å². The highest BCUT2D eigenvalue weighted by Gasteiger charge is 2.47. The van der Waals surface area contributed by atoms with Crippen LogP contribution in [0.4, 0.5) is 105 Å². The van der Waals surface area contributed by atoms with E-state index in [1.54, 1.807) is 0 Å². The SMILES string of the molecule is C[S+](Cc1ccccc1)c1ccccc1.FC(F)(F)c1cc([B-](c2cc(C(F)(F)F)cc(C(F)(F)F)c2)(c2cc(C(F)(F)F)cc(C(F)(F)F)c2)c2cc(C(F)(F)F)cc(C(F)(F)F)c2)cc(C(F)(F)F)c1. The highest BCUT2D eigenvalue weighted by molar-refractivity contribution is 7.95. The molecule has 0 saturated carbocycles. The minimum Gasteiger partial charge on any atom is -0.194 e. The van der Waals surface area contributed by atoms with Crippen molar-refractivity contribution in [3.05, 3.63) is 184 Å². The third-order valence-corrected chi connectivity index (χ3v) is 12.7. The molecule has 6 rings (SSSR count). The van der Waals surface area contributed by atoms with Crippen LogP contribution in [-0.2, 0) is 66.1 Å². The molecule has 6 aromatic rings. The first kappa shape index (κ1) is 57.0. The number of halogens is 24. The Balaban J connectivity index is 0.000000542. The number of alkyl halides is 24. The van der Waals surface area contributed by atoms with Crippen molar-refractivity contribution >= 4 is 38.9 Å². The van der Waals surface area contributed by atoms with Gasteiger partial charge in [-0.25, -0.2) is 0 Å². The maximum Gasteiger partial charge on any atom is 0.416 e. The fourth-order valence-electron chi connectivity index (χ4n) is 7.63. The summed E-state index contributed by atoms with van der Waals surface area (Å²) in [5.74, 6) is 1.14. The summed E-state index contributed by atoms with van der Waals surface area (Å²) < 4.78 is 341. The quantitative estimate of drug-likeness (QED) is 0.0849. The Labute approximate surface area is 393 Å². The van der Waals surface area contributed by atoms with E-state index < -0.39 is 195 Å². The number of benzene rings is 6. The van der Waals surface area contributed by atoms with Crippen molar-refractivity contribution in [2.24, 2.45) is 0 Å². The zero-order chi connectivity index (χ0) is 54.4. The van der Waals surface area contributed by atoms with Gasteiger partial charge >= 0.3 is 49.4 Å². The van der Waals surface area contributed by atoms with Crippen LogP contribution in [0.2, 0.25) is 0 Å². The average molecular weight is 1080 g/mol. The molecule has 0 aliphatic heterocycles. The predicted octanol–water partition coefficient (Wildman–Crippen LogP) is 14.7. The van der Waals surface area contributed by atoms with Crippen LogP contribution < -0.4 is 21.9 Å². The summed E-state index contributed by atoms with van der Waals surface area (Å²) in [4.78, 5) is 1.45. The Kier molecular flexibility index (Phi) is 15.7. The van der Waals surface area contributed by atoms with Crippen molar-refractivity contribution in [3.8, 4) is 0 Å². The molecule has 0 radical (unpaired) electrons. The Hall–Kier alpha value is -5.95. The second-order valence-corrected chi connectivity index (χ2v) is 17.8. The summed E-state index contributed by atoms with van der Waals surface area (Å²) in [6.45, 7) is 0. The van der Waals surface area contributed by atoms with Crippen LogP contribution in [0.25, 0.3) is 0 Å². The lowest BCUT2D eigenvalue weighted by Crippen LogP contribution is -2.75. The minimum atomic E-state index is -6.13. The van der Waals surface area contributed by atoms with Crippen molar-refractivity contribution in [1.29, 1.82) is 0 Å². The summed E-state index contributed by atoms with van der Waals surface area (Å²) in [6, 6.07) is 12.6. The van der Waals surface area contributed by atoms with Crippen LogP contribution in [0.3, 0.4) is 0 Å². The second-order valence-electron chi connectivity index (χ2n) is 15.8. The van der Waals surface area contributed by atoms with Gasteiger partial charge in [-0.1, -0.05) is 97.1 Å². The van der Waals surface area contributed by atoms with Gasteiger partial charge in [0, 0.05) is 16.5 Å². The van der Waals surface area contributed by atoms with Gasteiger partial charge in [0.15, 0.2) is 4.90 Å². The summed E-state index contributed by atoms with van der Waals surface area (Å²) >= 11 is 0. The Morgan fingerprint density at radius 1 is 0.292 bits per heavy atom. The number of rotatable bonds is 7. The topological polar surface area (TPSA) is 0 Å². The van der Waals surface area contributed by atoms with Crippen LogP contribution in [-0.4, -0.2) is 12.4 Å². The van der Waals surface area contributed by atoms with E-state index in [9.17, 15) is 105 Å². The van der Waals surface area contributed by atoms with E-state index in [0.717, 1.165) is 5.75 Å². The van der Waals surface area contributed by atoms with Gasteiger partial charge in [-0.15, -0.1) is 0 Å². The second kappa shape index (κ2) is 19.8. The van der Waals surface area contributed by atoms with Gasteiger partial charge in [-0.2, -0.15) is 127 Å². The molecular formula is C46H27BF24S. The van der Waals surface area contributed by atoms with Gasteiger partial charge in [-0.05, 0) is 36.4 Å². The molecule has 0 saturated heterocycles. The molecule has 0 bridgehead atoms. The molecule has 0 aromatic heterocycles. The van der Waals surface area contributed by atoms with Crippen LogP contribution in [0, 0.1) is 0 Å². The molecule has 0 fully saturated rings. The van der Waals surface area contributed by atoms with Gasteiger partial charge in [0.1, 0.15) is 18.2 Å². The summed E-state index contributed by atoms with van der Waals surface area (Å²) in [7, 11) is 0.316. The Morgan fingerprint density at radius 3 is 0.681 bits per heavy atom. The Bertz CT molecular complexity index is 2390. The summed E-state index contributed by atoms with van der Waals surface area (Å²) in [5.41, 5.74) is -28.8. The van der Waals surface area contributed by atoms with E-state index in [1.165, 1.54) is 10.5 Å². The first-order chi connectivity index (χ1) is 32.6. The van der Waals surface area contributed by atoms with Crippen molar-refractivity contribution in [1.82, 2.24) is 0 Å². The number of hydrogen-bond acceptors (Lipinski definition) is 0. The lowest BCUT2D eigenvalue weighted by molar-refractivity contribution is -0.144. The van der Waals surface area contributed by atoms with Gasteiger partial charge in [-0.3, -0.25) is 0 Å². The molecule has 26 heteroatoms. The van der Waals surface area contributed by atoms with Crippen LogP contribution >= 0.6 is 0 Å². The molecule has 0 spiro atoms. The number of hydrogen-bond donors (Lipinski definition) is 0. The molecule has 0 heterocycles. The standard InChI is InChI=1S/C32H12BF24.C14H15S/c34-25(35,36)13-1-14(26(37,38)39)6-21(5-13)33(22-7-15(27(40,41)42)2-16(8-22)28(43,44)45,23-9-17(29(46,47)48)3-18(10-23)30(49,50)51)24-11-19(31(52,53)54)4-20(12-24)32(55,56)57;1-15(14-10-6-3-7-11-14)12-13-8-4-2-5-9-13/h1-12H;2-11H,12H2,1H3/q-1;+1. The van der Waals surface area contributed by atoms with E-state index in [1.807, 2.05) is 0 Å². The van der Waals surface area contributed by atoms with Gasteiger partial charge in [0.2, 0.25) is 0 Å². The highest BCUT2D eigenvalue weighted by atomic mass is 32.2. The monoisotopic (exact) mass is 1080 g/mol. The molecule has 1 atom stereocenters. The van der Waals surface area contributed by atoms with Crippen molar-refractivity contribution in [3.63, 3.8) is 0 Å². The first-order valence-electron chi connectivity index (χ1n) is 19.7. The zero-order valence-electron chi connectivity index (χ0n) is 35.5. The average Bonchev–Trinajstić information content (AvgIpc) is 3.25. The van der Waals surface area contributed by atoms with E-state index >= 15 is 0 Å². The molecule has 72 heavy (non-hydrogen) atoms. The van der Waals surface area contributed by atoms with Gasteiger partial charge in [0.25, 0.3) is 0 Å². The summed E-state index contributed by atoms with van der Waals surface area (Å²) in [6.07, 6.45) is -52.5.